The van der Waals surface area contributed by atoms with Crippen LogP contribution in [0.2, 0.25) is 0 Å². The Morgan fingerprint density at radius 3 is 2.83 bits per heavy atom. The lowest BCUT2D eigenvalue weighted by atomic mass is 9.99. The molecule has 0 spiro atoms. The van der Waals surface area contributed by atoms with Crippen LogP contribution in [0.25, 0.3) is 0 Å². The van der Waals surface area contributed by atoms with E-state index in [1.54, 1.807) is 0 Å². The first-order valence-corrected chi connectivity index (χ1v) is 9.33. The maximum absolute atomic E-state index is 12.6. The summed E-state index contributed by atoms with van der Waals surface area (Å²) >= 11 is 1.48. The third-order valence-electron chi connectivity index (χ3n) is 5.40. The van der Waals surface area contributed by atoms with Crippen LogP contribution in [0.3, 0.4) is 0 Å². The summed E-state index contributed by atoms with van der Waals surface area (Å²) in [5, 5.41) is 1.93. The van der Waals surface area contributed by atoms with Gasteiger partial charge in [0.05, 0.1) is 17.0 Å². The molecule has 3 saturated heterocycles. The highest BCUT2D eigenvalue weighted by Crippen LogP contribution is 2.35. The largest absolute Gasteiger partial charge is 0.381 e. The van der Waals surface area contributed by atoms with E-state index in [9.17, 15) is 9.59 Å². The Morgan fingerprint density at radius 2 is 2.09 bits per heavy atom. The quantitative estimate of drug-likeness (QED) is 0.849. The molecule has 6 heteroatoms. The summed E-state index contributed by atoms with van der Waals surface area (Å²) in [4.78, 5) is 29.9. The third kappa shape index (κ3) is 2.78. The van der Waals surface area contributed by atoms with E-state index in [1.807, 2.05) is 22.4 Å². The summed E-state index contributed by atoms with van der Waals surface area (Å²) in [5.74, 6) is 0.858. The van der Waals surface area contributed by atoms with Crippen molar-refractivity contribution in [1.29, 1.82) is 0 Å². The van der Waals surface area contributed by atoms with Gasteiger partial charge in [0, 0.05) is 32.7 Å². The SMILES string of the molecule is O=C1C[C@H]2[C@@H](CCN2C(=O)c2cccs2)N1CC1CCOCC1. The second-order valence-corrected chi connectivity index (χ2v) is 7.65. The number of likely N-dealkylation sites (tertiary alicyclic amines) is 2. The van der Waals surface area contributed by atoms with Crippen molar-refractivity contribution in [3.05, 3.63) is 22.4 Å². The molecule has 0 saturated carbocycles. The molecule has 4 heterocycles. The van der Waals surface area contributed by atoms with Gasteiger partial charge in [0.15, 0.2) is 0 Å². The molecule has 2 atom stereocenters. The Bertz CT molecular complexity index is 583. The van der Waals surface area contributed by atoms with Gasteiger partial charge in [-0.25, -0.2) is 0 Å². The molecule has 3 aliphatic heterocycles. The highest BCUT2D eigenvalue weighted by molar-refractivity contribution is 7.12. The van der Waals surface area contributed by atoms with Crippen molar-refractivity contribution < 1.29 is 14.3 Å². The fourth-order valence-corrected chi connectivity index (χ4v) is 4.85. The maximum Gasteiger partial charge on any atom is 0.264 e. The van der Waals surface area contributed by atoms with Gasteiger partial charge in [-0.3, -0.25) is 9.59 Å². The smallest absolute Gasteiger partial charge is 0.264 e. The standard InChI is InChI=1S/C17H22N2O3S/c20-16-10-14-13(19(16)11-12-4-7-22-8-5-12)3-6-18(14)17(21)15-2-1-9-23-15/h1-2,9,12-14H,3-8,10-11H2/t13-,14+/m1/s1. The van der Waals surface area contributed by atoms with Gasteiger partial charge in [-0.05, 0) is 36.6 Å². The number of nitrogens with zero attached hydrogens (tertiary/aromatic N) is 2. The van der Waals surface area contributed by atoms with Gasteiger partial charge >= 0.3 is 0 Å². The molecule has 0 radical (unpaired) electrons. The molecule has 3 fully saturated rings. The van der Waals surface area contributed by atoms with Crippen molar-refractivity contribution in [2.24, 2.45) is 5.92 Å². The molecule has 1 aromatic heterocycles. The summed E-state index contributed by atoms with van der Waals surface area (Å²) in [5.41, 5.74) is 0. The van der Waals surface area contributed by atoms with Crippen LogP contribution >= 0.6 is 11.3 Å². The first-order chi connectivity index (χ1) is 11.2. The molecule has 0 aromatic carbocycles. The summed E-state index contributed by atoms with van der Waals surface area (Å²) in [6, 6.07) is 4.06. The van der Waals surface area contributed by atoms with Crippen LogP contribution in [0.5, 0.6) is 0 Å². The average molecular weight is 334 g/mol. The minimum Gasteiger partial charge on any atom is -0.381 e. The van der Waals surface area contributed by atoms with Crippen LogP contribution in [0.1, 0.15) is 35.4 Å². The van der Waals surface area contributed by atoms with Gasteiger partial charge in [-0.2, -0.15) is 0 Å². The van der Waals surface area contributed by atoms with Gasteiger partial charge in [0.25, 0.3) is 5.91 Å². The van der Waals surface area contributed by atoms with Gasteiger partial charge < -0.3 is 14.5 Å². The average Bonchev–Trinajstić information content (AvgIpc) is 3.27. The number of fused-ring (bicyclic) bond motifs is 1. The zero-order chi connectivity index (χ0) is 15.8. The molecule has 124 valence electrons. The number of hydrogen-bond donors (Lipinski definition) is 0. The second-order valence-electron chi connectivity index (χ2n) is 6.71. The van der Waals surface area contributed by atoms with Crippen LogP contribution in [0.4, 0.5) is 0 Å². The van der Waals surface area contributed by atoms with Crippen LogP contribution in [-0.4, -0.2) is 60.0 Å². The molecule has 3 aliphatic rings. The minimum absolute atomic E-state index is 0.0666. The molecule has 5 nitrogen and oxygen atoms in total. The maximum atomic E-state index is 12.6. The van der Waals surface area contributed by atoms with Crippen molar-refractivity contribution in [2.75, 3.05) is 26.3 Å². The van der Waals surface area contributed by atoms with E-state index >= 15 is 0 Å². The summed E-state index contributed by atoms with van der Waals surface area (Å²) < 4.78 is 5.41. The van der Waals surface area contributed by atoms with Crippen molar-refractivity contribution in [3.8, 4) is 0 Å². The van der Waals surface area contributed by atoms with Crippen molar-refractivity contribution in [1.82, 2.24) is 9.80 Å². The number of carbonyl (C=O) groups excluding carboxylic acids is 2. The molecular weight excluding hydrogens is 312 g/mol. The van der Waals surface area contributed by atoms with Crippen LogP contribution < -0.4 is 0 Å². The van der Waals surface area contributed by atoms with E-state index in [0.29, 0.717) is 12.3 Å². The molecule has 0 bridgehead atoms. The molecule has 0 N–H and O–H groups in total. The molecule has 2 amide bonds. The Balaban J connectivity index is 1.45. The Morgan fingerprint density at radius 1 is 1.26 bits per heavy atom. The number of carbonyl (C=O) groups is 2. The molecular formula is C17H22N2O3S. The Kier molecular flexibility index (Phi) is 4.11. The molecule has 23 heavy (non-hydrogen) atoms. The molecule has 4 rings (SSSR count). The zero-order valence-corrected chi connectivity index (χ0v) is 14.0. The predicted octanol–water partition coefficient (Wildman–Crippen LogP) is 1.99. The van der Waals surface area contributed by atoms with Crippen molar-refractivity contribution in [2.45, 2.75) is 37.8 Å². The first kappa shape index (κ1) is 15.1. The molecule has 0 unspecified atom stereocenters. The number of rotatable bonds is 3. The fourth-order valence-electron chi connectivity index (χ4n) is 4.17. The minimum atomic E-state index is 0.0666. The van der Waals surface area contributed by atoms with E-state index < -0.39 is 0 Å². The summed E-state index contributed by atoms with van der Waals surface area (Å²) in [6.45, 7) is 3.22. The monoisotopic (exact) mass is 334 g/mol. The van der Waals surface area contributed by atoms with Gasteiger partial charge in [-0.15, -0.1) is 11.3 Å². The van der Waals surface area contributed by atoms with E-state index in [-0.39, 0.29) is 23.9 Å². The van der Waals surface area contributed by atoms with E-state index in [0.717, 1.165) is 50.4 Å². The fraction of sp³-hybridized carbons (Fsp3) is 0.647. The van der Waals surface area contributed by atoms with Crippen LogP contribution in [0.15, 0.2) is 17.5 Å². The van der Waals surface area contributed by atoms with E-state index in [2.05, 4.69) is 4.90 Å². The molecule has 0 aliphatic carbocycles. The highest BCUT2D eigenvalue weighted by atomic mass is 32.1. The number of hydrogen-bond acceptors (Lipinski definition) is 4. The highest BCUT2D eigenvalue weighted by Gasteiger charge is 2.48. The van der Waals surface area contributed by atoms with E-state index in [1.165, 1.54) is 11.3 Å². The van der Waals surface area contributed by atoms with Crippen molar-refractivity contribution in [3.63, 3.8) is 0 Å². The van der Waals surface area contributed by atoms with Gasteiger partial charge in [-0.1, -0.05) is 6.07 Å². The topological polar surface area (TPSA) is 49.9 Å². The molecule has 1 aromatic rings. The Labute approximate surface area is 140 Å². The second kappa shape index (κ2) is 6.24. The lowest BCUT2D eigenvalue weighted by Gasteiger charge is -2.30. The lowest BCUT2D eigenvalue weighted by Crippen LogP contribution is -2.42. The Hall–Kier alpha value is -1.40. The normalized spacial score (nSPS) is 28.4. The van der Waals surface area contributed by atoms with Crippen LogP contribution in [0, 0.1) is 5.92 Å². The zero-order valence-electron chi connectivity index (χ0n) is 13.1. The van der Waals surface area contributed by atoms with Gasteiger partial charge in [0.2, 0.25) is 5.91 Å². The number of ether oxygens (including phenoxy) is 1. The first-order valence-electron chi connectivity index (χ1n) is 8.45. The van der Waals surface area contributed by atoms with E-state index in [4.69, 9.17) is 4.74 Å². The van der Waals surface area contributed by atoms with Crippen molar-refractivity contribution >= 4 is 23.2 Å². The summed E-state index contributed by atoms with van der Waals surface area (Å²) in [6.07, 6.45) is 3.49. The third-order valence-corrected chi connectivity index (χ3v) is 6.26. The lowest BCUT2D eigenvalue weighted by molar-refractivity contribution is -0.130. The summed E-state index contributed by atoms with van der Waals surface area (Å²) in [7, 11) is 0. The number of thiophene rings is 1. The van der Waals surface area contributed by atoms with Crippen LogP contribution in [-0.2, 0) is 9.53 Å². The van der Waals surface area contributed by atoms with Gasteiger partial charge in [0.1, 0.15) is 0 Å². The number of amides is 2. The predicted molar refractivity (Wildman–Crippen MR) is 87.4 cm³/mol.